The zero-order valence-electron chi connectivity index (χ0n) is 11.1. The molecule has 6 nitrogen and oxygen atoms in total. The van der Waals surface area contributed by atoms with Gasteiger partial charge < -0.3 is 14.9 Å². The van der Waals surface area contributed by atoms with Crippen LogP contribution in [-0.4, -0.2) is 28.7 Å². The molecule has 1 rings (SSSR count). The molecule has 0 unspecified atom stereocenters. The predicted octanol–water partition coefficient (Wildman–Crippen LogP) is 2.14. The Morgan fingerprint density at radius 1 is 1.26 bits per heavy atom. The molecule has 1 heterocycles. The van der Waals surface area contributed by atoms with Gasteiger partial charge in [0.25, 0.3) is 5.91 Å². The average molecular weight is 268 g/mol. The Balaban J connectivity index is 1.99. The van der Waals surface area contributed by atoms with Crippen LogP contribution in [0.1, 0.15) is 54.8 Å². The molecule has 1 aromatic rings. The van der Waals surface area contributed by atoms with Gasteiger partial charge in [0.15, 0.2) is 5.69 Å². The summed E-state index contributed by atoms with van der Waals surface area (Å²) in [5, 5.41) is 14.9. The second-order valence-corrected chi connectivity index (χ2v) is 4.49. The van der Waals surface area contributed by atoms with E-state index in [4.69, 9.17) is 9.63 Å². The second-order valence-electron chi connectivity index (χ2n) is 4.49. The molecule has 1 aromatic heterocycles. The Hall–Kier alpha value is -1.85. The Morgan fingerprint density at radius 2 is 1.95 bits per heavy atom. The number of nitrogens with one attached hydrogen (secondary N) is 1. The molecule has 0 aromatic carbocycles. The molecule has 0 fully saturated rings. The molecular weight excluding hydrogens is 248 g/mol. The molecule has 106 valence electrons. The van der Waals surface area contributed by atoms with Crippen molar-refractivity contribution < 1.29 is 19.2 Å². The van der Waals surface area contributed by atoms with E-state index in [2.05, 4.69) is 10.5 Å². The van der Waals surface area contributed by atoms with Crippen LogP contribution in [0.25, 0.3) is 0 Å². The smallest absolute Gasteiger partial charge is 0.303 e. The second kappa shape index (κ2) is 8.29. The number of carbonyl (C=O) groups is 2. The van der Waals surface area contributed by atoms with Gasteiger partial charge in [0.05, 0.1) is 0 Å². The lowest BCUT2D eigenvalue weighted by Gasteiger charge is -2.02. The summed E-state index contributed by atoms with van der Waals surface area (Å²) < 4.78 is 4.82. The van der Waals surface area contributed by atoms with Crippen molar-refractivity contribution in [3.8, 4) is 0 Å². The number of amides is 1. The van der Waals surface area contributed by atoms with Crippen LogP contribution in [0.3, 0.4) is 0 Å². The summed E-state index contributed by atoms with van der Waals surface area (Å²) in [5.74, 6) is -0.346. The van der Waals surface area contributed by atoms with Gasteiger partial charge in [-0.25, -0.2) is 0 Å². The zero-order chi connectivity index (χ0) is 14.1. The molecule has 0 radical (unpaired) electrons. The molecule has 0 saturated heterocycles. The van der Waals surface area contributed by atoms with Crippen molar-refractivity contribution in [3.05, 3.63) is 17.5 Å². The number of hydrogen-bond acceptors (Lipinski definition) is 4. The van der Waals surface area contributed by atoms with Crippen LogP contribution in [0.5, 0.6) is 0 Å². The van der Waals surface area contributed by atoms with Gasteiger partial charge in [-0.3, -0.25) is 9.59 Å². The average Bonchev–Trinajstić information content (AvgIpc) is 2.78. The molecule has 0 aliphatic carbocycles. The lowest BCUT2D eigenvalue weighted by molar-refractivity contribution is -0.137. The number of aryl methyl sites for hydroxylation is 1. The normalized spacial score (nSPS) is 10.4. The molecular formula is C13H20N2O4. The molecule has 0 atom stereocenters. The van der Waals surface area contributed by atoms with Crippen molar-refractivity contribution in [3.63, 3.8) is 0 Å². The third-order valence-corrected chi connectivity index (χ3v) is 2.71. The van der Waals surface area contributed by atoms with Crippen LogP contribution in [-0.2, 0) is 4.79 Å². The van der Waals surface area contributed by atoms with E-state index in [0.29, 0.717) is 18.0 Å². The summed E-state index contributed by atoms with van der Waals surface area (Å²) >= 11 is 0. The SMILES string of the molecule is Cc1cc(C(=O)NCCCCCCCC(=O)O)no1. The molecule has 6 heteroatoms. The van der Waals surface area contributed by atoms with E-state index >= 15 is 0 Å². The Kier molecular flexibility index (Phi) is 6.63. The summed E-state index contributed by atoms with van der Waals surface area (Å²) in [6.07, 6.45) is 4.74. The van der Waals surface area contributed by atoms with Gasteiger partial charge in [-0.1, -0.05) is 24.4 Å². The number of nitrogens with zero attached hydrogens (tertiary/aromatic N) is 1. The van der Waals surface area contributed by atoms with Gasteiger partial charge in [0.1, 0.15) is 5.76 Å². The fraction of sp³-hybridized carbons (Fsp3) is 0.615. The highest BCUT2D eigenvalue weighted by atomic mass is 16.5. The highest BCUT2D eigenvalue weighted by Gasteiger charge is 2.09. The van der Waals surface area contributed by atoms with Gasteiger partial charge in [-0.2, -0.15) is 0 Å². The topological polar surface area (TPSA) is 92.4 Å². The van der Waals surface area contributed by atoms with E-state index in [-0.39, 0.29) is 12.3 Å². The monoisotopic (exact) mass is 268 g/mol. The molecule has 19 heavy (non-hydrogen) atoms. The van der Waals surface area contributed by atoms with Crippen LogP contribution in [0, 0.1) is 6.92 Å². The van der Waals surface area contributed by atoms with Crippen LogP contribution in [0.4, 0.5) is 0 Å². The third-order valence-electron chi connectivity index (χ3n) is 2.71. The van der Waals surface area contributed by atoms with E-state index in [1.807, 2.05) is 0 Å². The number of rotatable bonds is 9. The first-order valence-electron chi connectivity index (χ1n) is 6.53. The van der Waals surface area contributed by atoms with Gasteiger partial charge in [0.2, 0.25) is 0 Å². The Labute approximate surface area is 112 Å². The van der Waals surface area contributed by atoms with Crippen molar-refractivity contribution in [2.24, 2.45) is 0 Å². The third kappa shape index (κ3) is 6.59. The number of carbonyl (C=O) groups excluding carboxylic acids is 1. The van der Waals surface area contributed by atoms with E-state index in [9.17, 15) is 9.59 Å². The van der Waals surface area contributed by atoms with Gasteiger partial charge in [-0.05, 0) is 19.8 Å². The number of unbranched alkanes of at least 4 members (excludes halogenated alkanes) is 4. The van der Waals surface area contributed by atoms with Crippen molar-refractivity contribution >= 4 is 11.9 Å². The summed E-state index contributed by atoms with van der Waals surface area (Å²) in [4.78, 5) is 21.9. The maximum absolute atomic E-state index is 11.6. The van der Waals surface area contributed by atoms with Crippen LogP contribution < -0.4 is 5.32 Å². The minimum atomic E-state index is -0.741. The maximum Gasteiger partial charge on any atom is 0.303 e. The van der Waals surface area contributed by atoms with Crippen molar-refractivity contribution in [2.45, 2.75) is 45.4 Å². The molecule has 0 aliphatic rings. The highest BCUT2D eigenvalue weighted by Crippen LogP contribution is 2.05. The standard InChI is InChI=1S/C13H20N2O4/c1-10-9-11(15-19-10)13(18)14-8-6-4-2-3-5-7-12(16)17/h9H,2-8H2,1H3,(H,14,18)(H,16,17). The fourth-order valence-corrected chi connectivity index (χ4v) is 1.70. The van der Waals surface area contributed by atoms with Gasteiger partial charge >= 0.3 is 5.97 Å². The number of carboxylic acid groups (broad SMARTS) is 1. The lowest BCUT2D eigenvalue weighted by Crippen LogP contribution is -2.24. The summed E-state index contributed by atoms with van der Waals surface area (Å²) in [5.41, 5.74) is 0.305. The fourth-order valence-electron chi connectivity index (χ4n) is 1.70. The van der Waals surface area contributed by atoms with Gasteiger partial charge in [0, 0.05) is 19.0 Å². The molecule has 1 amide bonds. The molecule has 0 spiro atoms. The predicted molar refractivity (Wildman–Crippen MR) is 68.9 cm³/mol. The van der Waals surface area contributed by atoms with Crippen LogP contribution in [0.2, 0.25) is 0 Å². The number of aliphatic carboxylic acids is 1. The minimum Gasteiger partial charge on any atom is -0.481 e. The Bertz CT molecular complexity index is 415. The van der Waals surface area contributed by atoms with Crippen LogP contribution >= 0.6 is 0 Å². The quantitative estimate of drug-likeness (QED) is 0.669. The van der Waals surface area contributed by atoms with E-state index < -0.39 is 5.97 Å². The summed E-state index contributed by atoms with van der Waals surface area (Å²) in [6, 6.07) is 1.60. The summed E-state index contributed by atoms with van der Waals surface area (Å²) in [7, 11) is 0. The van der Waals surface area contributed by atoms with E-state index in [1.54, 1.807) is 13.0 Å². The molecule has 0 saturated carbocycles. The van der Waals surface area contributed by atoms with E-state index in [0.717, 1.165) is 32.1 Å². The van der Waals surface area contributed by atoms with Crippen molar-refractivity contribution in [2.75, 3.05) is 6.54 Å². The highest BCUT2D eigenvalue weighted by molar-refractivity contribution is 5.92. The largest absolute Gasteiger partial charge is 0.481 e. The van der Waals surface area contributed by atoms with Gasteiger partial charge in [-0.15, -0.1) is 0 Å². The van der Waals surface area contributed by atoms with Crippen LogP contribution in [0.15, 0.2) is 10.6 Å². The lowest BCUT2D eigenvalue weighted by atomic mass is 10.1. The molecule has 0 aliphatic heterocycles. The first kappa shape index (κ1) is 15.2. The first-order valence-corrected chi connectivity index (χ1v) is 6.53. The number of hydrogen-bond donors (Lipinski definition) is 2. The number of carboxylic acids is 1. The first-order chi connectivity index (χ1) is 9.09. The Morgan fingerprint density at radius 3 is 2.58 bits per heavy atom. The molecule has 0 bridgehead atoms. The maximum atomic E-state index is 11.6. The van der Waals surface area contributed by atoms with Crippen molar-refractivity contribution in [1.82, 2.24) is 10.5 Å². The minimum absolute atomic E-state index is 0.220. The summed E-state index contributed by atoms with van der Waals surface area (Å²) in [6.45, 7) is 2.34. The zero-order valence-corrected chi connectivity index (χ0v) is 11.1. The van der Waals surface area contributed by atoms with Crippen molar-refractivity contribution in [1.29, 1.82) is 0 Å². The molecule has 2 N–H and O–H groups in total. The number of aromatic nitrogens is 1. The van der Waals surface area contributed by atoms with E-state index in [1.165, 1.54) is 0 Å².